The minimum absolute atomic E-state index is 0.0498. The summed E-state index contributed by atoms with van der Waals surface area (Å²) in [6, 6.07) is 0. The van der Waals surface area contributed by atoms with Crippen molar-refractivity contribution in [2.75, 3.05) is 7.11 Å². The van der Waals surface area contributed by atoms with Gasteiger partial charge in [-0.15, -0.1) is 10.2 Å². The molecule has 1 aromatic heterocycles. The van der Waals surface area contributed by atoms with Crippen molar-refractivity contribution in [1.82, 2.24) is 20.6 Å². The lowest BCUT2D eigenvalue weighted by atomic mass is 10.2. The van der Waals surface area contributed by atoms with Gasteiger partial charge in [-0.2, -0.15) is 5.21 Å². The number of tetrazole rings is 1. The molecule has 1 aliphatic carbocycles. The van der Waals surface area contributed by atoms with E-state index in [0.29, 0.717) is 11.7 Å². The smallest absolute Gasteiger partial charge is 0.203 e. The van der Waals surface area contributed by atoms with Crippen molar-refractivity contribution >= 4 is 0 Å². The van der Waals surface area contributed by atoms with E-state index in [4.69, 9.17) is 4.74 Å². The highest BCUT2D eigenvalue weighted by molar-refractivity contribution is 4.94. The van der Waals surface area contributed by atoms with Crippen LogP contribution in [0.15, 0.2) is 0 Å². The second-order valence-corrected chi connectivity index (χ2v) is 2.76. The molecule has 60 valence electrons. The van der Waals surface area contributed by atoms with Gasteiger partial charge >= 0.3 is 0 Å². The molecule has 5 nitrogen and oxygen atoms in total. The van der Waals surface area contributed by atoms with Gasteiger partial charge in [0.05, 0.1) is 0 Å². The first-order valence-electron chi connectivity index (χ1n) is 3.68. The molecule has 1 aliphatic rings. The predicted octanol–water partition coefficient (Wildman–Crippen LogP) is 0.297. The van der Waals surface area contributed by atoms with Crippen LogP contribution in [-0.2, 0) is 4.74 Å². The molecule has 0 saturated heterocycles. The van der Waals surface area contributed by atoms with E-state index in [-0.39, 0.29) is 6.10 Å². The second-order valence-electron chi connectivity index (χ2n) is 2.76. The van der Waals surface area contributed by atoms with Crippen molar-refractivity contribution in [2.24, 2.45) is 5.92 Å². The van der Waals surface area contributed by atoms with Crippen molar-refractivity contribution in [3.63, 3.8) is 0 Å². The molecule has 11 heavy (non-hydrogen) atoms. The lowest BCUT2D eigenvalue weighted by Gasteiger charge is -2.07. The number of methoxy groups -OCH3 is 1. The van der Waals surface area contributed by atoms with Crippen LogP contribution in [0.4, 0.5) is 0 Å². The van der Waals surface area contributed by atoms with Crippen molar-refractivity contribution in [3.05, 3.63) is 5.82 Å². The van der Waals surface area contributed by atoms with Crippen LogP contribution in [0.5, 0.6) is 0 Å². The maximum absolute atomic E-state index is 5.23. The number of nitrogens with zero attached hydrogens (tertiary/aromatic N) is 3. The monoisotopic (exact) mass is 154 g/mol. The lowest BCUT2D eigenvalue weighted by molar-refractivity contribution is 0.0772. The molecule has 0 amide bonds. The van der Waals surface area contributed by atoms with E-state index in [0.717, 1.165) is 0 Å². The molecule has 1 unspecified atom stereocenters. The Morgan fingerprint density at radius 3 is 2.91 bits per heavy atom. The standard InChI is InChI=1S/C6H10N4O/c1-11-5(4-2-3-4)6-7-9-10-8-6/h4-5H,2-3H2,1H3,(H,7,8,9,10). The predicted molar refractivity (Wildman–Crippen MR) is 36.7 cm³/mol. The zero-order chi connectivity index (χ0) is 7.68. The van der Waals surface area contributed by atoms with E-state index >= 15 is 0 Å². The summed E-state index contributed by atoms with van der Waals surface area (Å²) in [6.45, 7) is 0. The topological polar surface area (TPSA) is 63.7 Å². The Labute approximate surface area is 64.1 Å². The molecule has 0 aliphatic heterocycles. The summed E-state index contributed by atoms with van der Waals surface area (Å²) in [5, 5.41) is 13.7. The number of nitrogens with one attached hydrogen (secondary N) is 1. The molecule has 1 saturated carbocycles. The van der Waals surface area contributed by atoms with Crippen LogP contribution in [0.25, 0.3) is 0 Å². The van der Waals surface area contributed by atoms with Gasteiger partial charge in [0.1, 0.15) is 6.10 Å². The lowest BCUT2D eigenvalue weighted by Crippen LogP contribution is -2.05. The molecule has 1 N–H and O–H groups in total. The number of H-pyrrole nitrogens is 1. The van der Waals surface area contributed by atoms with E-state index in [1.165, 1.54) is 12.8 Å². The number of hydrogen-bond donors (Lipinski definition) is 1. The van der Waals surface area contributed by atoms with Gasteiger partial charge in [0, 0.05) is 7.11 Å². The molecular formula is C6H10N4O. The third-order valence-electron chi connectivity index (χ3n) is 1.92. The SMILES string of the molecule is COC(c1nn[nH]n1)C1CC1. The van der Waals surface area contributed by atoms with Gasteiger partial charge in [-0.3, -0.25) is 0 Å². The van der Waals surface area contributed by atoms with Gasteiger partial charge in [0.25, 0.3) is 0 Å². The molecule has 1 heterocycles. The first-order chi connectivity index (χ1) is 5.42. The fourth-order valence-corrected chi connectivity index (χ4v) is 1.20. The molecule has 2 rings (SSSR count). The number of ether oxygens (including phenoxy) is 1. The number of rotatable bonds is 3. The Morgan fingerprint density at radius 2 is 2.45 bits per heavy atom. The van der Waals surface area contributed by atoms with Gasteiger partial charge < -0.3 is 4.74 Å². The molecular weight excluding hydrogens is 144 g/mol. The zero-order valence-electron chi connectivity index (χ0n) is 6.32. The van der Waals surface area contributed by atoms with Crippen molar-refractivity contribution < 1.29 is 4.74 Å². The van der Waals surface area contributed by atoms with Gasteiger partial charge in [-0.25, -0.2) is 0 Å². The second kappa shape index (κ2) is 2.58. The van der Waals surface area contributed by atoms with Crippen molar-refractivity contribution in [1.29, 1.82) is 0 Å². The normalized spacial score (nSPS) is 20.1. The minimum atomic E-state index is 0.0498. The van der Waals surface area contributed by atoms with Gasteiger partial charge in [0.2, 0.25) is 5.82 Å². The van der Waals surface area contributed by atoms with Crippen molar-refractivity contribution in [2.45, 2.75) is 18.9 Å². The summed E-state index contributed by atoms with van der Waals surface area (Å²) in [7, 11) is 1.68. The maximum atomic E-state index is 5.23. The van der Waals surface area contributed by atoms with Gasteiger partial charge in [-0.1, -0.05) is 5.21 Å². The molecule has 1 aromatic rings. The fraction of sp³-hybridized carbons (Fsp3) is 0.833. The van der Waals surface area contributed by atoms with E-state index in [2.05, 4.69) is 20.6 Å². The van der Waals surface area contributed by atoms with E-state index in [1.807, 2.05) is 0 Å². The molecule has 1 fully saturated rings. The summed E-state index contributed by atoms with van der Waals surface area (Å²) in [5.74, 6) is 1.28. The molecule has 0 bridgehead atoms. The summed E-state index contributed by atoms with van der Waals surface area (Å²) in [5.41, 5.74) is 0. The number of aromatic amines is 1. The number of aromatic nitrogens is 4. The Kier molecular flexibility index (Phi) is 1.58. The Morgan fingerprint density at radius 1 is 1.64 bits per heavy atom. The van der Waals surface area contributed by atoms with E-state index in [1.54, 1.807) is 7.11 Å². The third kappa shape index (κ3) is 1.23. The van der Waals surface area contributed by atoms with Crippen LogP contribution in [0, 0.1) is 5.92 Å². The van der Waals surface area contributed by atoms with Crippen LogP contribution in [0.1, 0.15) is 24.8 Å². The Hall–Kier alpha value is -0.970. The fourth-order valence-electron chi connectivity index (χ4n) is 1.20. The highest BCUT2D eigenvalue weighted by Gasteiger charge is 2.34. The zero-order valence-corrected chi connectivity index (χ0v) is 6.32. The quantitative estimate of drug-likeness (QED) is 0.680. The van der Waals surface area contributed by atoms with Crippen molar-refractivity contribution in [3.8, 4) is 0 Å². The van der Waals surface area contributed by atoms with Crippen LogP contribution < -0.4 is 0 Å². The summed E-state index contributed by atoms with van der Waals surface area (Å²) in [4.78, 5) is 0. The average molecular weight is 154 g/mol. The minimum Gasteiger partial charge on any atom is -0.373 e. The molecule has 0 radical (unpaired) electrons. The largest absolute Gasteiger partial charge is 0.373 e. The Balaban J connectivity index is 2.11. The highest BCUT2D eigenvalue weighted by atomic mass is 16.5. The summed E-state index contributed by atoms with van der Waals surface area (Å²) in [6.07, 6.45) is 2.48. The maximum Gasteiger partial charge on any atom is 0.203 e. The first-order valence-corrected chi connectivity index (χ1v) is 3.68. The average Bonchev–Trinajstić information content (AvgIpc) is 2.68. The first kappa shape index (κ1) is 6.72. The van der Waals surface area contributed by atoms with Gasteiger partial charge in [-0.05, 0) is 18.8 Å². The van der Waals surface area contributed by atoms with E-state index in [9.17, 15) is 0 Å². The van der Waals surface area contributed by atoms with Crippen LogP contribution in [-0.4, -0.2) is 27.7 Å². The van der Waals surface area contributed by atoms with E-state index < -0.39 is 0 Å². The van der Waals surface area contributed by atoms with Crippen LogP contribution in [0.2, 0.25) is 0 Å². The van der Waals surface area contributed by atoms with Crippen LogP contribution in [0.3, 0.4) is 0 Å². The number of hydrogen-bond acceptors (Lipinski definition) is 4. The molecule has 5 heteroatoms. The molecule has 1 atom stereocenters. The Bertz CT molecular complexity index is 218. The third-order valence-corrected chi connectivity index (χ3v) is 1.92. The van der Waals surface area contributed by atoms with Gasteiger partial charge in [0.15, 0.2) is 0 Å². The van der Waals surface area contributed by atoms with Crippen LogP contribution >= 0.6 is 0 Å². The molecule has 0 aromatic carbocycles. The highest BCUT2D eigenvalue weighted by Crippen LogP contribution is 2.41. The summed E-state index contributed by atoms with van der Waals surface area (Å²) < 4.78 is 5.23. The molecule has 0 spiro atoms. The summed E-state index contributed by atoms with van der Waals surface area (Å²) >= 11 is 0.